The molecule has 126 valence electrons. The number of hydrogen-bond donors (Lipinski definition) is 3. The Hall–Kier alpha value is -2.80. The number of carboxylic acids is 1. The predicted molar refractivity (Wildman–Crippen MR) is 96.0 cm³/mol. The van der Waals surface area contributed by atoms with Crippen molar-refractivity contribution >= 4 is 29.0 Å². The molecule has 0 fully saturated rings. The SMILES string of the molecule is COc1ccc(NC(=S)NCc2ccc(C(=O)O)cc2)cc1OC. The molecule has 0 saturated carbocycles. The van der Waals surface area contributed by atoms with Gasteiger partial charge >= 0.3 is 5.97 Å². The number of thiocarbonyl (C=S) groups is 1. The second-order valence-electron chi connectivity index (χ2n) is 4.88. The minimum atomic E-state index is -0.944. The van der Waals surface area contributed by atoms with Crippen LogP contribution in [0.15, 0.2) is 42.5 Å². The van der Waals surface area contributed by atoms with Crippen LogP contribution < -0.4 is 20.1 Å². The summed E-state index contributed by atoms with van der Waals surface area (Å²) in [4.78, 5) is 10.8. The van der Waals surface area contributed by atoms with E-state index in [-0.39, 0.29) is 5.56 Å². The second-order valence-corrected chi connectivity index (χ2v) is 5.29. The van der Waals surface area contributed by atoms with Gasteiger partial charge in [0.1, 0.15) is 0 Å². The molecule has 7 heteroatoms. The summed E-state index contributed by atoms with van der Waals surface area (Å²) in [6.45, 7) is 0.485. The van der Waals surface area contributed by atoms with Gasteiger partial charge in [0.25, 0.3) is 0 Å². The van der Waals surface area contributed by atoms with E-state index in [2.05, 4.69) is 10.6 Å². The van der Waals surface area contributed by atoms with Crippen LogP contribution in [-0.2, 0) is 6.54 Å². The number of nitrogens with one attached hydrogen (secondary N) is 2. The summed E-state index contributed by atoms with van der Waals surface area (Å²) in [6.07, 6.45) is 0. The number of carbonyl (C=O) groups is 1. The first-order valence-electron chi connectivity index (χ1n) is 7.12. The van der Waals surface area contributed by atoms with Crippen molar-refractivity contribution in [3.8, 4) is 11.5 Å². The van der Waals surface area contributed by atoms with Crippen molar-refractivity contribution < 1.29 is 19.4 Å². The lowest BCUT2D eigenvalue weighted by molar-refractivity contribution is 0.0697. The van der Waals surface area contributed by atoms with E-state index in [0.29, 0.717) is 23.2 Å². The molecule has 0 aliphatic carbocycles. The van der Waals surface area contributed by atoms with E-state index in [1.807, 2.05) is 6.07 Å². The number of aromatic carboxylic acids is 1. The van der Waals surface area contributed by atoms with Crippen LogP contribution in [0.3, 0.4) is 0 Å². The molecule has 0 aliphatic heterocycles. The van der Waals surface area contributed by atoms with Gasteiger partial charge in [-0.25, -0.2) is 4.79 Å². The zero-order valence-electron chi connectivity index (χ0n) is 13.3. The third-order valence-corrected chi connectivity index (χ3v) is 3.54. The second kappa shape index (κ2) is 8.16. The highest BCUT2D eigenvalue weighted by Crippen LogP contribution is 2.29. The van der Waals surface area contributed by atoms with Crippen LogP contribution in [0.5, 0.6) is 11.5 Å². The molecule has 2 aromatic rings. The minimum absolute atomic E-state index is 0.254. The number of rotatable bonds is 6. The van der Waals surface area contributed by atoms with Gasteiger partial charge < -0.3 is 25.2 Å². The van der Waals surface area contributed by atoms with Gasteiger partial charge in [-0.2, -0.15) is 0 Å². The van der Waals surface area contributed by atoms with Gasteiger partial charge in [-0.3, -0.25) is 0 Å². The molecule has 0 heterocycles. The topological polar surface area (TPSA) is 79.8 Å². The Bertz CT molecular complexity index is 732. The third kappa shape index (κ3) is 4.60. The van der Waals surface area contributed by atoms with E-state index in [1.165, 1.54) is 0 Å². The van der Waals surface area contributed by atoms with Gasteiger partial charge in [-0.05, 0) is 42.0 Å². The fraction of sp³-hybridized carbons (Fsp3) is 0.176. The van der Waals surface area contributed by atoms with Crippen LogP contribution in [0.1, 0.15) is 15.9 Å². The number of ether oxygens (including phenoxy) is 2. The van der Waals surface area contributed by atoms with Crippen LogP contribution in [0.4, 0.5) is 5.69 Å². The highest BCUT2D eigenvalue weighted by molar-refractivity contribution is 7.80. The third-order valence-electron chi connectivity index (χ3n) is 3.30. The first-order valence-corrected chi connectivity index (χ1v) is 7.53. The molecule has 24 heavy (non-hydrogen) atoms. The summed E-state index contributed by atoms with van der Waals surface area (Å²) >= 11 is 5.25. The lowest BCUT2D eigenvalue weighted by Gasteiger charge is -2.13. The fourth-order valence-electron chi connectivity index (χ4n) is 2.04. The summed E-state index contributed by atoms with van der Waals surface area (Å²) in [5.41, 5.74) is 1.95. The lowest BCUT2D eigenvalue weighted by atomic mass is 10.1. The summed E-state index contributed by atoms with van der Waals surface area (Å²) in [5.74, 6) is 0.301. The molecular weight excluding hydrogens is 328 g/mol. The van der Waals surface area contributed by atoms with Gasteiger partial charge in [-0.1, -0.05) is 12.1 Å². The van der Waals surface area contributed by atoms with Crippen molar-refractivity contribution in [2.45, 2.75) is 6.54 Å². The average Bonchev–Trinajstić information content (AvgIpc) is 2.60. The maximum Gasteiger partial charge on any atom is 0.335 e. The molecule has 0 aliphatic rings. The van der Waals surface area contributed by atoms with Crippen LogP contribution in [-0.4, -0.2) is 30.4 Å². The minimum Gasteiger partial charge on any atom is -0.493 e. The predicted octanol–water partition coefficient (Wildman–Crippen LogP) is 2.89. The van der Waals surface area contributed by atoms with Gasteiger partial charge in [0, 0.05) is 18.3 Å². The van der Waals surface area contributed by atoms with Crippen LogP contribution in [0.25, 0.3) is 0 Å². The van der Waals surface area contributed by atoms with Gasteiger partial charge in [0.15, 0.2) is 16.6 Å². The van der Waals surface area contributed by atoms with Crippen molar-refractivity contribution in [1.82, 2.24) is 5.32 Å². The number of benzene rings is 2. The average molecular weight is 346 g/mol. The normalized spacial score (nSPS) is 9.92. The molecule has 0 amide bonds. The first kappa shape index (κ1) is 17.6. The fourth-order valence-corrected chi connectivity index (χ4v) is 2.23. The largest absolute Gasteiger partial charge is 0.493 e. The van der Waals surface area contributed by atoms with E-state index in [0.717, 1.165) is 11.3 Å². The molecule has 3 N–H and O–H groups in total. The summed E-state index contributed by atoms with van der Waals surface area (Å²) in [7, 11) is 3.14. The van der Waals surface area contributed by atoms with Crippen LogP contribution in [0, 0.1) is 0 Å². The Balaban J connectivity index is 1.92. The standard InChI is InChI=1S/C17H18N2O4S/c1-22-14-8-7-13(9-15(14)23-2)19-17(24)18-10-11-3-5-12(6-4-11)16(20)21/h3-9H,10H2,1-2H3,(H,20,21)(H2,18,19,24). The van der Waals surface area contributed by atoms with Crippen molar-refractivity contribution in [2.24, 2.45) is 0 Å². The van der Waals surface area contributed by atoms with E-state index in [4.69, 9.17) is 26.8 Å². The quantitative estimate of drug-likeness (QED) is 0.694. The summed E-state index contributed by atoms with van der Waals surface area (Å²) < 4.78 is 10.4. The molecule has 2 rings (SSSR count). The number of anilines is 1. The molecular formula is C17H18N2O4S. The molecule has 6 nitrogen and oxygen atoms in total. The molecule has 0 spiro atoms. The molecule has 0 bridgehead atoms. The Morgan fingerprint density at radius 2 is 1.75 bits per heavy atom. The maximum absolute atomic E-state index is 10.8. The number of methoxy groups -OCH3 is 2. The van der Waals surface area contributed by atoms with Crippen LogP contribution in [0.2, 0.25) is 0 Å². The smallest absolute Gasteiger partial charge is 0.335 e. The van der Waals surface area contributed by atoms with E-state index >= 15 is 0 Å². The van der Waals surface area contributed by atoms with Gasteiger partial charge in [0.05, 0.1) is 19.8 Å². The highest BCUT2D eigenvalue weighted by atomic mass is 32.1. The van der Waals surface area contributed by atoms with E-state index < -0.39 is 5.97 Å². The van der Waals surface area contributed by atoms with Crippen molar-refractivity contribution in [2.75, 3.05) is 19.5 Å². The Morgan fingerprint density at radius 3 is 2.33 bits per heavy atom. The van der Waals surface area contributed by atoms with Crippen LogP contribution >= 0.6 is 12.2 Å². The lowest BCUT2D eigenvalue weighted by Crippen LogP contribution is -2.27. The van der Waals surface area contributed by atoms with Crippen molar-refractivity contribution in [3.05, 3.63) is 53.6 Å². The first-order chi connectivity index (χ1) is 11.5. The molecule has 0 unspecified atom stereocenters. The van der Waals surface area contributed by atoms with Gasteiger partial charge in [0.2, 0.25) is 0 Å². The molecule has 2 aromatic carbocycles. The Labute approximate surface area is 145 Å². The summed E-state index contributed by atoms with van der Waals surface area (Å²) in [5, 5.41) is 15.4. The monoisotopic (exact) mass is 346 g/mol. The molecule has 0 atom stereocenters. The number of carboxylic acid groups (broad SMARTS) is 1. The summed E-state index contributed by atoms with van der Waals surface area (Å²) in [6, 6.07) is 12.0. The molecule has 0 aromatic heterocycles. The molecule has 0 radical (unpaired) electrons. The Morgan fingerprint density at radius 1 is 1.08 bits per heavy atom. The van der Waals surface area contributed by atoms with Gasteiger partial charge in [-0.15, -0.1) is 0 Å². The molecule has 0 saturated heterocycles. The van der Waals surface area contributed by atoms with Crippen molar-refractivity contribution in [3.63, 3.8) is 0 Å². The van der Waals surface area contributed by atoms with E-state index in [9.17, 15) is 4.79 Å². The van der Waals surface area contributed by atoms with Crippen molar-refractivity contribution in [1.29, 1.82) is 0 Å². The zero-order chi connectivity index (χ0) is 17.5. The zero-order valence-corrected chi connectivity index (χ0v) is 14.1. The number of hydrogen-bond acceptors (Lipinski definition) is 4. The Kier molecular flexibility index (Phi) is 5.97. The van der Waals surface area contributed by atoms with E-state index in [1.54, 1.807) is 50.6 Å². The highest BCUT2D eigenvalue weighted by Gasteiger charge is 2.06. The maximum atomic E-state index is 10.8.